The van der Waals surface area contributed by atoms with Gasteiger partial charge in [0.05, 0.1) is 7.11 Å². The van der Waals surface area contributed by atoms with Gasteiger partial charge in [-0.25, -0.2) is 0 Å². The maximum absolute atomic E-state index is 13.2. The van der Waals surface area contributed by atoms with Gasteiger partial charge in [0.15, 0.2) is 6.61 Å². The standard InChI is InChI=1S/C26H36N2O4/c1-7-24(26(30)27-15-18(2)3)28(16-21-9-12-22(31-6)13-10-21)25(29)17-32-23-11-8-19(4)20(5)14-23/h8-14,18,24H,7,15-17H2,1-6H3,(H,27,30). The zero-order chi connectivity index (χ0) is 23.7. The predicted octanol–water partition coefficient (Wildman–Crippen LogP) is 4.27. The van der Waals surface area contributed by atoms with Crippen molar-refractivity contribution in [1.29, 1.82) is 0 Å². The van der Waals surface area contributed by atoms with E-state index in [2.05, 4.69) is 5.32 Å². The van der Waals surface area contributed by atoms with Crippen molar-refractivity contribution < 1.29 is 19.1 Å². The van der Waals surface area contributed by atoms with Crippen LogP contribution < -0.4 is 14.8 Å². The van der Waals surface area contributed by atoms with Crippen LogP contribution in [-0.2, 0) is 16.1 Å². The number of rotatable bonds is 11. The van der Waals surface area contributed by atoms with E-state index in [9.17, 15) is 9.59 Å². The maximum atomic E-state index is 13.2. The fourth-order valence-electron chi connectivity index (χ4n) is 3.30. The molecule has 1 atom stereocenters. The van der Waals surface area contributed by atoms with Gasteiger partial charge in [-0.15, -0.1) is 0 Å². The van der Waals surface area contributed by atoms with Crippen molar-refractivity contribution in [2.45, 2.75) is 53.6 Å². The van der Waals surface area contributed by atoms with Crippen LogP contribution in [0.3, 0.4) is 0 Å². The lowest BCUT2D eigenvalue weighted by Gasteiger charge is -2.31. The number of hydrogen-bond donors (Lipinski definition) is 1. The molecule has 6 nitrogen and oxygen atoms in total. The summed E-state index contributed by atoms with van der Waals surface area (Å²) in [6.45, 7) is 10.8. The van der Waals surface area contributed by atoms with Crippen LogP contribution in [0, 0.1) is 19.8 Å². The van der Waals surface area contributed by atoms with Crippen LogP contribution in [0.1, 0.15) is 43.9 Å². The molecule has 0 radical (unpaired) electrons. The van der Waals surface area contributed by atoms with Gasteiger partial charge in [-0.2, -0.15) is 0 Å². The molecule has 2 amide bonds. The molecule has 1 unspecified atom stereocenters. The van der Waals surface area contributed by atoms with Gasteiger partial charge in [0.1, 0.15) is 17.5 Å². The summed E-state index contributed by atoms with van der Waals surface area (Å²) in [5.74, 6) is 1.34. The predicted molar refractivity (Wildman–Crippen MR) is 127 cm³/mol. The second-order valence-electron chi connectivity index (χ2n) is 8.47. The summed E-state index contributed by atoms with van der Waals surface area (Å²) < 4.78 is 11.0. The number of nitrogens with zero attached hydrogens (tertiary/aromatic N) is 1. The highest BCUT2D eigenvalue weighted by Gasteiger charge is 2.29. The van der Waals surface area contributed by atoms with Crippen LogP contribution in [0.25, 0.3) is 0 Å². The van der Waals surface area contributed by atoms with Gasteiger partial charge in [0.2, 0.25) is 5.91 Å². The summed E-state index contributed by atoms with van der Waals surface area (Å²) in [5.41, 5.74) is 3.18. The number of nitrogens with one attached hydrogen (secondary N) is 1. The molecule has 6 heteroatoms. The first-order valence-electron chi connectivity index (χ1n) is 11.1. The quantitative estimate of drug-likeness (QED) is 0.567. The molecule has 2 aromatic rings. The summed E-state index contributed by atoms with van der Waals surface area (Å²) in [4.78, 5) is 27.8. The summed E-state index contributed by atoms with van der Waals surface area (Å²) in [6, 6.07) is 12.7. The molecule has 32 heavy (non-hydrogen) atoms. The van der Waals surface area contributed by atoms with Crippen LogP contribution in [0.5, 0.6) is 11.5 Å². The van der Waals surface area contributed by atoms with Crippen LogP contribution >= 0.6 is 0 Å². The fraction of sp³-hybridized carbons (Fsp3) is 0.462. The second kappa shape index (κ2) is 12.1. The van der Waals surface area contributed by atoms with E-state index in [1.807, 2.05) is 77.1 Å². The van der Waals surface area contributed by atoms with E-state index in [0.717, 1.165) is 22.4 Å². The number of ether oxygens (including phenoxy) is 2. The summed E-state index contributed by atoms with van der Waals surface area (Å²) >= 11 is 0. The Balaban J connectivity index is 2.20. The minimum absolute atomic E-state index is 0.132. The second-order valence-corrected chi connectivity index (χ2v) is 8.47. The number of carbonyl (C=O) groups is 2. The largest absolute Gasteiger partial charge is 0.497 e. The first-order chi connectivity index (χ1) is 15.2. The molecule has 2 aromatic carbocycles. The Morgan fingerprint density at radius 1 is 1.00 bits per heavy atom. The van der Waals surface area contributed by atoms with E-state index in [1.165, 1.54) is 0 Å². The van der Waals surface area contributed by atoms with Gasteiger partial charge in [0, 0.05) is 13.1 Å². The van der Waals surface area contributed by atoms with Gasteiger partial charge in [0.25, 0.3) is 5.91 Å². The van der Waals surface area contributed by atoms with Crippen LogP contribution in [0.2, 0.25) is 0 Å². The smallest absolute Gasteiger partial charge is 0.261 e. The van der Waals surface area contributed by atoms with E-state index >= 15 is 0 Å². The Bertz CT molecular complexity index is 893. The number of hydrogen-bond acceptors (Lipinski definition) is 4. The van der Waals surface area contributed by atoms with E-state index < -0.39 is 6.04 Å². The molecule has 0 aliphatic rings. The van der Waals surface area contributed by atoms with E-state index in [1.54, 1.807) is 12.0 Å². The first kappa shape index (κ1) is 25.2. The zero-order valence-corrected chi connectivity index (χ0v) is 20.1. The molecule has 1 N–H and O–H groups in total. The van der Waals surface area contributed by atoms with Crippen molar-refractivity contribution in [2.75, 3.05) is 20.3 Å². The molecule has 0 spiro atoms. The van der Waals surface area contributed by atoms with Crippen molar-refractivity contribution in [2.24, 2.45) is 5.92 Å². The van der Waals surface area contributed by atoms with Gasteiger partial charge in [-0.1, -0.05) is 39.0 Å². The van der Waals surface area contributed by atoms with Crippen LogP contribution in [0.15, 0.2) is 42.5 Å². The van der Waals surface area contributed by atoms with Crippen molar-refractivity contribution in [3.8, 4) is 11.5 Å². The van der Waals surface area contributed by atoms with Crippen LogP contribution in [0.4, 0.5) is 0 Å². The average Bonchev–Trinajstić information content (AvgIpc) is 2.78. The van der Waals surface area contributed by atoms with Crippen molar-refractivity contribution in [3.05, 3.63) is 59.2 Å². The molecule has 0 saturated heterocycles. The molecular weight excluding hydrogens is 404 g/mol. The Morgan fingerprint density at radius 2 is 1.66 bits per heavy atom. The van der Waals surface area contributed by atoms with Crippen molar-refractivity contribution >= 4 is 11.8 Å². The molecule has 2 rings (SSSR count). The normalized spacial score (nSPS) is 11.7. The first-order valence-corrected chi connectivity index (χ1v) is 11.1. The SMILES string of the molecule is CCC(C(=O)NCC(C)C)N(Cc1ccc(OC)cc1)C(=O)COc1ccc(C)c(C)c1. The number of carbonyl (C=O) groups excluding carboxylic acids is 2. The van der Waals surface area contributed by atoms with Gasteiger partial charge in [-0.3, -0.25) is 9.59 Å². The fourth-order valence-corrected chi connectivity index (χ4v) is 3.30. The maximum Gasteiger partial charge on any atom is 0.261 e. The number of benzene rings is 2. The molecule has 0 saturated carbocycles. The average molecular weight is 441 g/mol. The third-order valence-corrected chi connectivity index (χ3v) is 5.42. The minimum Gasteiger partial charge on any atom is -0.497 e. The van der Waals surface area contributed by atoms with Gasteiger partial charge >= 0.3 is 0 Å². The molecule has 174 valence electrons. The van der Waals surface area contributed by atoms with E-state index in [0.29, 0.717) is 31.2 Å². The van der Waals surface area contributed by atoms with Crippen molar-refractivity contribution in [3.63, 3.8) is 0 Å². The lowest BCUT2D eigenvalue weighted by molar-refractivity contribution is -0.143. The molecule has 0 aliphatic carbocycles. The molecule has 0 heterocycles. The zero-order valence-electron chi connectivity index (χ0n) is 20.1. The minimum atomic E-state index is -0.577. The monoisotopic (exact) mass is 440 g/mol. The van der Waals surface area contributed by atoms with Gasteiger partial charge in [-0.05, 0) is 67.1 Å². The highest BCUT2D eigenvalue weighted by atomic mass is 16.5. The molecule has 0 aliphatic heterocycles. The van der Waals surface area contributed by atoms with Gasteiger partial charge < -0.3 is 19.7 Å². The lowest BCUT2D eigenvalue weighted by atomic mass is 10.1. The van der Waals surface area contributed by atoms with Crippen molar-refractivity contribution in [1.82, 2.24) is 10.2 Å². The van der Waals surface area contributed by atoms with E-state index in [4.69, 9.17) is 9.47 Å². The third-order valence-electron chi connectivity index (χ3n) is 5.42. The Labute approximate surface area is 191 Å². The lowest BCUT2D eigenvalue weighted by Crippen LogP contribution is -2.50. The molecular formula is C26H36N2O4. The summed E-state index contributed by atoms with van der Waals surface area (Å²) in [6.07, 6.45) is 0.509. The highest BCUT2D eigenvalue weighted by molar-refractivity contribution is 5.88. The summed E-state index contributed by atoms with van der Waals surface area (Å²) in [7, 11) is 1.61. The third kappa shape index (κ3) is 7.29. The Kier molecular flexibility index (Phi) is 9.57. The number of aryl methyl sites for hydroxylation is 2. The Morgan fingerprint density at radius 3 is 2.22 bits per heavy atom. The summed E-state index contributed by atoms with van der Waals surface area (Å²) in [5, 5.41) is 2.97. The highest BCUT2D eigenvalue weighted by Crippen LogP contribution is 2.19. The number of methoxy groups -OCH3 is 1. The van der Waals surface area contributed by atoms with E-state index in [-0.39, 0.29) is 18.4 Å². The Hall–Kier alpha value is -3.02. The molecule has 0 aromatic heterocycles. The van der Waals surface area contributed by atoms with Crippen LogP contribution in [-0.4, -0.2) is 43.0 Å². The molecule has 0 fully saturated rings. The topological polar surface area (TPSA) is 67.9 Å². The number of amides is 2. The molecule has 0 bridgehead atoms.